The van der Waals surface area contributed by atoms with Crippen LogP contribution in [0.2, 0.25) is 0 Å². The van der Waals surface area contributed by atoms with Crippen molar-refractivity contribution in [2.75, 3.05) is 39.2 Å². The first kappa shape index (κ1) is 29.3. The van der Waals surface area contributed by atoms with Gasteiger partial charge in [0.05, 0.1) is 31.9 Å². The Balaban J connectivity index is 2.08. The first-order valence-electron chi connectivity index (χ1n) is 12.1. The molecule has 0 aliphatic rings. The van der Waals surface area contributed by atoms with Crippen molar-refractivity contribution >= 4 is 27.5 Å². The van der Waals surface area contributed by atoms with E-state index in [2.05, 4.69) is 5.32 Å². The first-order valence-corrected chi connectivity index (χ1v) is 13.5. The van der Waals surface area contributed by atoms with Crippen molar-refractivity contribution in [1.29, 1.82) is 0 Å². The maximum atomic E-state index is 13.9. The highest BCUT2D eigenvalue weighted by Crippen LogP contribution is 2.34. The standard InChI is InChI=1S/C28H33N3O7S/c1-20(28(33)29-2)30(18-21-10-9-11-23(16-21)36-3)27(32)19-31(39(34,35)24-12-7-6-8-13-24)22-14-15-25(37-4)26(17-22)38-5/h6-17,20H,18-19H2,1-5H3,(H,29,33)/t20-/m0/s1. The highest BCUT2D eigenvalue weighted by Gasteiger charge is 2.32. The van der Waals surface area contributed by atoms with E-state index >= 15 is 0 Å². The molecule has 0 spiro atoms. The quantitative estimate of drug-likeness (QED) is 0.365. The molecule has 0 aromatic heterocycles. The van der Waals surface area contributed by atoms with Crippen molar-refractivity contribution in [2.45, 2.75) is 24.4 Å². The molecule has 0 aliphatic heterocycles. The van der Waals surface area contributed by atoms with E-state index in [1.165, 1.54) is 57.5 Å². The molecule has 0 aliphatic carbocycles. The van der Waals surface area contributed by atoms with Crippen LogP contribution in [0.5, 0.6) is 17.2 Å². The second-order valence-corrected chi connectivity index (χ2v) is 10.4. The maximum Gasteiger partial charge on any atom is 0.264 e. The summed E-state index contributed by atoms with van der Waals surface area (Å²) in [6.45, 7) is 1.07. The fraction of sp³-hybridized carbons (Fsp3) is 0.286. The van der Waals surface area contributed by atoms with Crippen molar-refractivity contribution in [3.63, 3.8) is 0 Å². The molecule has 10 nitrogen and oxygen atoms in total. The van der Waals surface area contributed by atoms with Gasteiger partial charge in [-0.3, -0.25) is 13.9 Å². The van der Waals surface area contributed by atoms with Crippen molar-refractivity contribution in [1.82, 2.24) is 10.2 Å². The zero-order valence-corrected chi connectivity index (χ0v) is 23.4. The lowest BCUT2D eigenvalue weighted by molar-refractivity contribution is -0.139. The van der Waals surface area contributed by atoms with E-state index in [0.717, 1.165) is 4.31 Å². The van der Waals surface area contributed by atoms with Gasteiger partial charge in [-0.15, -0.1) is 0 Å². The van der Waals surface area contributed by atoms with Gasteiger partial charge in [-0.1, -0.05) is 30.3 Å². The Labute approximate surface area is 229 Å². The number of carbonyl (C=O) groups is 2. The number of hydrogen-bond acceptors (Lipinski definition) is 7. The summed E-state index contributed by atoms with van der Waals surface area (Å²) in [6.07, 6.45) is 0. The molecule has 0 unspecified atom stereocenters. The number of likely N-dealkylation sites (N-methyl/N-ethyl adjacent to an activating group) is 1. The average molecular weight is 556 g/mol. The lowest BCUT2D eigenvalue weighted by Crippen LogP contribution is -2.50. The molecule has 0 radical (unpaired) electrons. The van der Waals surface area contributed by atoms with E-state index in [-0.39, 0.29) is 17.1 Å². The fourth-order valence-electron chi connectivity index (χ4n) is 3.99. The molecule has 1 atom stereocenters. The zero-order chi connectivity index (χ0) is 28.6. The largest absolute Gasteiger partial charge is 0.497 e. The summed E-state index contributed by atoms with van der Waals surface area (Å²) in [5.41, 5.74) is 0.904. The van der Waals surface area contributed by atoms with Crippen LogP contribution in [0.4, 0.5) is 5.69 Å². The molecule has 3 aromatic rings. The van der Waals surface area contributed by atoms with Gasteiger partial charge in [0, 0.05) is 19.7 Å². The van der Waals surface area contributed by atoms with Gasteiger partial charge in [0.15, 0.2) is 11.5 Å². The molecule has 0 saturated carbocycles. The van der Waals surface area contributed by atoms with Gasteiger partial charge in [-0.25, -0.2) is 8.42 Å². The van der Waals surface area contributed by atoms with Crippen LogP contribution in [0.15, 0.2) is 77.7 Å². The number of anilines is 1. The van der Waals surface area contributed by atoms with Crippen molar-refractivity contribution in [2.24, 2.45) is 0 Å². The minimum atomic E-state index is -4.19. The van der Waals surface area contributed by atoms with Crippen LogP contribution in [-0.2, 0) is 26.2 Å². The van der Waals surface area contributed by atoms with Gasteiger partial charge >= 0.3 is 0 Å². The summed E-state index contributed by atoms with van der Waals surface area (Å²) >= 11 is 0. The second-order valence-electron chi connectivity index (χ2n) is 8.53. The first-order chi connectivity index (χ1) is 18.7. The second kappa shape index (κ2) is 13.0. The molecular formula is C28H33N3O7S. The van der Waals surface area contributed by atoms with Crippen LogP contribution in [0.25, 0.3) is 0 Å². The third kappa shape index (κ3) is 6.80. The van der Waals surface area contributed by atoms with Crippen LogP contribution in [0, 0.1) is 0 Å². The summed E-state index contributed by atoms with van der Waals surface area (Å²) in [7, 11) is 1.72. The zero-order valence-electron chi connectivity index (χ0n) is 22.6. The maximum absolute atomic E-state index is 13.9. The highest BCUT2D eigenvalue weighted by molar-refractivity contribution is 7.92. The number of hydrogen-bond donors (Lipinski definition) is 1. The van der Waals surface area contributed by atoms with Crippen LogP contribution in [-0.4, -0.2) is 66.1 Å². The molecule has 3 aromatic carbocycles. The van der Waals surface area contributed by atoms with E-state index in [4.69, 9.17) is 14.2 Å². The predicted octanol–water partition coefficient (Wildman–Crippen LogP) is 3.07. The normalized spacial score (nSPS) is 11.7. The van der Waals surface area contributed by atoms with E-state index in [1.807, 2.05) is 0 Å². The van der Waals surface area contributed by atoms with Crippen LogP contribution >= 0.6 is 0 Å². The number of nitrogens with zero attached hydrogens (tertiary/aromatic N) is 2. The van der Waals surface area contributed by atoms with Gasteiger partial charge in [0.25, 0.3) is 10.0 Å². The fourth-order valence-corrected chi connectivity index (χ4v) is 5.41. The van der Waals surface area contributed by atoms with Gasteiger partial charge in [0.1, 0.15) is 18.3 Å². The SMILES string of the molecule is CNC(=O)[C@H](C)N(Cc1cccc(OC)c1)C(=O)CN(c1ccc(OC)c(OC)c1)S(=O)(=O)c1ccccc1. The Kier molecular flexibility index (Phi) is 9.78. The predicted molar refractivity (Wildman–Crippen MR) is 148 cm³/mol. The molecule has 0 heterocycles. The molecule has 3 rings (SSSR count). The highest BCUT2D eigenvalue weighted by atomic mass is 32.2. The average Bonchev–Trinajstić information content (AvgIpc) is 2.97. The molecule has 2 amide bonds. The summed E-state index contributed by atoms with van der Waals surface area (Å²) in [4.78, 5) is 27.8. The number of nitrogens with one attached hydrogen (secondary N) is 1. The third-order valence-corrected chi connectivity index (χ3v) is 7.95. The summed E-state index contributed by atoms with van der Waals surface area (Å²) in [6, 6.07) is 18.6. The van der Waals surface area contributed by atoms with Crippen molar-refractivity contribution in [3.05, 3.63) is 78.4 Å². The molecule has 0 fully saturated rings. The minimum absolute atomic E-state index is 0.00582. The lowest BCUT2D eigenvalue weighted by atomic mass is 10.1. The van der Waals surface area contributed by atoms with Crippen LogP contribution < -0.4 is 23.8 Å². The minimum Gasteiger partial charge on any atom is -0.497 e. The number of benzene rings is 3. The Bertz CT molecular complexity index is 1400. The smallest absolute Gasteiger partial charge is 0.264 e. The van der Waals surface area contributed by atoms with Crippen molar-refractivity contribution in [3.8, 4) is 17.2 Å². The topological polar surface area (TPSA) is 114 Å². The number of amides is 2. The lowest BCUT2D eigenvalue weighted by Gasteiger charge is -2.32. The Morgan fingerprint density at radius 1 is 0.872 bits per heavy atom. The number of methoxy groups -OCH3 is 3. The molecular weight excluding hydrogens is 522 g/mol. The molecule has 39 heavy (non-hydrogen) atoms. The van der Waals surface area contributed by atoms with Crippen LogP contribution in [0.3, 0.4) is 0 Å². The summed E-state index contributed by atoms with van der Waals surface area (Å²) < 4.78 is 44.6. The van der Waals surface area contributed by atoms with Gasteiger partial charge in [0.2, 0.25) is 11.8 Å². The molecule has 1 N–H and O–H groups in total. The van der Waals surface area contributed by atoms with E-state index in [0.29, 0.717) is 22.8 Å². The number of ether oxygens (including phenoxy) is 3. The van der Waals surface area contributed by atoms with Gasteiger partial charge in [-0.05, 0) is 48.9 Å². The number of rotatable bonds is 12. The molecule has 0 bridgehead atoms. The van der Waals surface area contributed by atoms with Crippen molar-refractivity contribution < 1.29 is 32.2 Å². The molecule has 11 heteroatoms. The Morgan fingerprint density at radius 2 is 1.56 bits per heavy atom. The van der Waals surface area contributed by atoms with Gasteiger partial charge < -0.3 is 24.4 Å². The summed E-state index contributed by atoms with van der Waals surface area (Å²) in [5.74, 6) is 0.310. The van der Waals surface area contributed by atoms with Gasteiger partial charge in [-0.2, -0.15) is 0 Å². The molecule has 208 valence electrons. The van der Waals surface area contributed by atoms with Crippen LogP contribution in [0.1, 0.15) is 12.5 Å². The molecule has 0 saturated heterocycles. The number of carbonyl (C=O) groups excluding carboxylic acids is 2. The Hall–Kier alpha value is -4.25. The third-order valence-electron chi connectivity index (χ3n) is 6.17. The van der Waals surface area contributed by atoms with E-state index in [9.17, 15) is 18.0 Å². The number of sulfonamides is 1. The van der Waals surface area contributed by atoms with E-state index < -0.39 is 34.4 Å². The summed E-state index contributed by atoms with van der Waals surface area (Å²) in [5, 5.41) is 2.56. The monoisotopic (exact) mass is 555 g/mol. The Morgan fingerprint density at radius 3 is 2.18 bits per heavy atom. The van der Waals surface area contributed by atoms with E-state index in [1.54, 1.807) is 55.5 Å².